The molecule has 0 fully saturated rings. The van der Waals surface area contributed by atoms with Crippen LogP contribution >= 0.6 is 0 Å². The zero-order valence-electron chi connectivity index (χ0n) is 20.8. The van der Waals surface area contributed by atoms with Gasteiger partial charge in [0.2, 0.25) is 0 Å². The number of hydrogen-bond donors (Lipinski definition) is 0. The summed E-state index contributed by atoms with van der Waals surface area (Å²) in [5.41, 5.74) is 0. The van der Waals surface area contributed by atoms with E-state index in [-0.39, 0.29) is 0 Å². The van der Waals surface area contributed by atoms with Crippen molar-refractivity contribution in [2.45, 2.75) is 32.6 Å². The SMILES string of the molecule is CCCCCCN1C=CN(C)C1.F[B-](F)(F)F.F[B-](F)(F)F.F[B-](F)(F)F.F[B-](F)(F)F.F[B-](F)(F)F.F[B-](F)(F)F. The maximum absolute atomic E-state index is 9.75. The Morgan fingerprint density at radius 3 is 0.833 bits per heavy atom. The Bertz CT molecular complexity index is 483. The molecule has 0 aromatic rings. The molecule has 0 amide bonds. The Labute approximate surface area is 223 Å². The molecule has 0 aromatic carbocycles. The van der Waals surface area contributed by atoms with Crippen LogP contribution < -0.4 is 0 Å². The van der Waals surface area contributed by atoms with Crippen LogP contribution in [0.15, 0.2) is 12.4 Å². The van der Waals surface area contributed by atoms with Crippen LogP contribution in [0.3, 0.4) is 0 Å². The first-order valence-electron chi connectivity index (χ1n) is 10.2. The second-order valence-electron chi connectivity index (χ2n) is 6.54. The molecule has 2 nitrogen and oxygen atoms in total. The molecule has 0 spiro atoms. The van der Waals surface area contributed by atoms with Crippen molar-refractivity contribution >= 4 is 43.5 Å². The van der Waals surface area contributed by atoms with Crippen molar-refractivity contribution < 1.29 is 104 Å². The minimum Gasteiger partial charge on any atom is -0.418 e. The summed E-state index contributed by atoms with van der Waals surface area (Å²) in [6.07, 6.45) is 9.76. The second kappa shape index (κ2) is 24.5. The highest BCUT2D eigenvalue weighted by Crippen LogP contribution is 2.09. The molecule has 0 bridgehead atoms. The summed E-state index contributed by atoms with van der Waals surface area (Å²) < 4.78 is 234. The third-order valence-corrected chi connectivity index (χ3v) is 2.24. The maximum atomic E-state index is 9.75. The molecule has 0 saturated carbocycles. The van der Waals surface area contributed by atoms with Crippen LogP contribution in [0, 0.1) is 0 Å². The van der Waals surface area contributed by atoms with E-state index in [1.165, 1.54) is 32.2 Å². The fourth-order valence-electron chi connectivity index (χ4n) is 1.48. The molecule has 1 aliphatic rings. The highest BCUT2D eigenvalue weighted by Gasteiger charge is 2.22. The van der Waals surface area contributed by atoms with Gasteiger partial charge in [0.05, 0.1) is 6.67 Å². The Morgan fingerprint density at radius 2 is 0.667 bits per heavy atom. The van der Waals surface area contributed by atoms with E-state index in [1.807, 2.05) is 0 Å². The molecule has 1 aliphatic heterocycles. The van der Waals surface area contributed by atoms with Crippen molar-refractivity contribution in [3.8, 4) is 0 Å². The van der Waals surface area contributed by atoms with Gasteiger partial charge in [-0.2, -0.15) is 0 Å². The quantitative estimate of drug-likeness (QED) is 0.161. The smallest absolute Gasteiger partial charge is 0.418 e. The fourth-order valence-corrected chi connectivity index (χ4v) is 1.48. The molecule has 1 rings (SSSR count). The van der Waals surface area contributed by atoms with E-state index in [2.05, 4.69) is 36.2 Å². The minimum atomic E-state index is -6.00. The Kier molecular flexibility index (Phi) is 30.7. The average Bonchev–Trinajstić information content (AvgIpc) is 2.95. The highest BCUT2D eigenvalue weighted by atomic mass is 19.5. The van der Waals surface area contributed by atoms with Crippen LogP contribution in [-0.4, -0.2) is 73.6 Å². The van der Waals surface area contributed by atoms with Gasteiger partial charge in [0, 0.05) is 26.0 Å². The third kappa shape index (κ3) is 307. The number of hydrogen-bond acceptors (Lipinski definition) is 2. The Hall–Kier alpha value is -1.95. The van der Waals surface area contributed by atoms with Gasteiger partial charge in [0.1, 0.15) is 0 Å². The first-order valence-corrected chi connectivity index (χ1v) is 10.2. The van der Waals surface area contributed by atoms with Gasteiger partial charge in [-0.1, -0.05) is 26.2 Å². The molecule has 0 N–H and O–H groups in total. The summed E-state index contributed by atoms with van der Waals surface area (Å²) in [6.45, 7) is 4.55. The summed E-state index contributed by atoms with van der Waals surface area (Å²) in [5, 5.41) is 0. The van der Waals surface area contributed by atoms with Gasteiger partial charge >= 0.3 is 43.5 Å². The van der Waals surface area contributed by atoms with Gasteiger partial charge in [0.15, 0.2) is 0 Å². The molecule has 0 aromatic heterocycles. The number of rotatable bonds is 5. The molecule has 0 atom stereocenters. The summed E-state index contributed by atoms with van der Waals surface area (Å²) in [7, 11) is -33.9. The summed E-state index contributed by atoms with van der Waals surface area (Å²) >= 11 is 0. The molecule has 0 unspecified atom stereocenters. The Balaban J connectivity index is -0.0000000944. The lowest BCUT2D eigenvalue weighted by atomic mass is 10.2. The van der Waals surface area contributed by atoms with Crippen LogP contribution in [0.5, 0.6) is 0 Å². The fraction of sp³-hybridized carbons (Fsp3) is 0.800. The predicted octanol–water partition coefficient (Wildman–Crippen LogP) is 10.0. The summed E-state index contributed by atoms with van der Waals surface area (Å²) in [5.74, 6) is 0. The number of halogens is 24. The standard InChI is InChI=1S/C10H20N2.6BF4/c1-3-4-5-6-7-12-9-8-11(2)10-12;6*2-1(3,4)5/h8-9H,3-7,10H2,1-2H3;;;;;;/q;6*-1. The number of nitrogens with zero attached hydrogens (tertiary/aromatic N) is 2. The maximum Gasteiger partial charge on any atom is 0.673 e. The third-order valence-electron chi connectivity index (χ3n) is 2.24. The van der Waals surface area contributed by atoms with Crippen LogP contribution in [0.4, 0.5) is 104 Å². The van der Waals surface area contributed by atoms with Crippen molar-refractivity contribution in [2.75, 3.05) is 20.3 Å². The van der Waals surface area contributed by atoms with Crippen molar-refractivity contribution in [3.05, 3.63) is 12.4 Å². The number of unbranched alkanes of at least 4 members (excludes halogenated alkanes) is 3. The normalized spacial score (nSPS) is 13.2. The van der Waals surface area contributed by atoms with E-state index < -0.39 is 43.5 Å². The van der Waals surface area contributed by atoms with Crippen LogP contribution in [0.2, 0.25) is 0 Å². The summed E-state index contributed by atoms with van der Waals surface area (Å²) in [6, 6.07) is 0. The van der Waals surface area contributed by atoms with Gasteiger partial charge < -0.3 is 113 Å². The van der Waals surface area contributed by atoms with Gasteiger partial charge in [-0.25, -0.2) is 0 Å². The molecule has 0 radical (unpaired) electrons. The van der Waals surface area contributed by atoms with Crippen molar-refractivity contribution in [1.82, 2.24) is 9.80 Å². The van der Waals surface area contributed by atoms with Crippen LogP contribution in [0.25, 0.3) is 0 Å². The zero-order chi connectivity index (χ0) is 35.8. The highest BCUT2D eigenvalue weighted by molar-refractivity contribution is 6.51. The van der Waals surface area contributed by atoms with Crippen molar-refractivity contribution in [1.29, 1.82) is 0 Å². The van der Waals surface area contributed by atoms with Gasteiger partial charge in [-0.3, -0.25) is 0 Å². The van der Waals surface area contributed by atoms with E-state index in [0.29, 0.717) is 0 Å². The molecule has 42 heavy (non-hydrogen) atoms. The van der Waals surface area contributed by atoms with Crippen molar-refractivity contribution in [2.24, 2.45) is 0 Å². The minimum absolute atomic E-state index is 1.08. The molecule has 32 heteroatoms. The van der Waals surface area contributed by atoms with E-state index in [9.17, 15) is 104 Å². The van der Waals surface area contributed by atoms with E-state index in [0.717, 1.165) is 6.67 Å². The lowest BCUT2D eigenvalue weighted by Gasteiger charge is -2.17. The van der Waals surface area contributed by atoms with Crippen molar-refractivity contribution in [3.63, 3.8) is 0 Å². The van der Waals surface area contributed by atoms with E-state index >= 15 is 0 Å². The largest absolute Gasteiger partial charge is 0.673 e. The second-order valence-corrected chi connectivity index (χ2v) is 6.54. The van der Waals surface area contributed by atoms with Crippen LogP contribution in [-0.2, 0) is 0 Å². The lowest BCUT2D eigenvalue weighted by molar-refractivity contribution is 0.291. The molecule has 1 heterocycles. The van der Waals surface area contributed by atoms with E-state index in [1.54, 1.807) is 0 Å². The topological polar surface area (TPSA) is 6.48 Å². The van der Waals surface area contributed by atoms with Gasteiger partial charge in [-0.05, 0) is 6.42 Å². The van der Waals surface area contributed by atoms with E-state index in [4.69, 9.17) is 0 Å². The first-order chi connectivity index (χ1) is 17.8. The monoisotopic (exact) mass is 690 g/mol. The summed E-state index contributed by atoms with van der Waals surface area (Å²) in [4.78, 5) is 4.58. The lowest BCUT2D eigenvalue weighted by Crippen LogP contribution is -2.23. The molecular formula is C10H20B6F24N2-6. The molecular weight excluding hydrogens is 669 g/mol. The Morgan fingerprint density at radius 1 is 0.429 bits per heavy atom. The van der Waals surface area contributed by atoms with Gasteiger partial charge in [0.25, 0.3) is 0 Å². The van der Waals surface area contributed by atoms with Gasteiger partial charge in [-0.15, -0.1) is 0 Å². The average molecular weight is 689 g/mol. The predicted molar refractivity (Wildman–Crippen MR) is 114 cm³/mol. The first kappa shape index (κ1) is 52.7. The molecule has 0 saturated heterocycles. The van der Waals surface area contributed by atoms with Crippen LogP contribution in [0.1, 0.15) is 32.6 Å². The molecule has 262 valence electrons. The zero-order valence-corrected chi connectivity index (χ0v) is 20.8. The molecule has 0 aliphatic carbocycles.